The molecule has 88 valence electrons. The molecule has 0 bridgehead atoms. The van der Waals surface area contributed by atoms with Crippen LogP contribution in [0.15, 0.2) is 22.6 Å². The first-order chi connectivity index (χ1) is 8.20. The van der Waals surface area contributed by atoms with Crippen molar-refractivity contribution in [3.63, 3.8) is 0 Å². The van der Waals surface area contributed by atoms with Crippen LogP contribution in [0.2, 0.25) is 0 Å². The number of nitrogens with zero attached hydrogens (tertiary/aromatic N) is 2. The van der Waals surface area contributed by atoms with Gasteiger partial charge in [0.1, 0.15) is 11.2 Å². The number of anilines is 1. The van der Waals surface area contributed by atoms with Crippen molar-refractivity contribution in [1.29, 1.82) is 0 Å². The number of ether oxygens (including phenoxy) is 1. The first kappa shape index (κ1) is 11.3. The Morgan fingerprint density at radius 2 is 2.41 bits per heavy atom. The molecule has 0 saturated heterocycles. The zero-order valence-corrected chi connectivity index (χ0v) is 9.58. The Labute approximate surface area is 99.5 Å². The molecule has 0 saturated carbocycles. The molecule has 2 heterocycles. The highest BCUT2D eigenvalue weighted by atomic mass is 32.1. The molecule has 0 fully saturated rings. The van der Waals surface area contributed by atoms with Gasteiger partial charge in [-0.15, -0.1) is 10.2 Å². The van der Waals surface area contributed by atoms with Crippen LogP contribution in [0, 0.1) is 0 Å². The van der Waals surface area contributed by atoms with E-state index in [0.717, 1.165) is 6.07 Å². The number of hydrogen-bond donors (Lipinski definition) is 2. The van der Waals surface area contributed by atoms with Crippen LogP contribution < -0.4 is 15.5 Å². The molecule has 0 aliphatic rings. The maximum Gasteiger partial charge on any atom is 0.274 e. The average molecular weight is 252 g/mol. The van der Waals surface area contributed by atoms with Gasteiger partial charge in [-0.05, 0) is 0 Å². The smallest absolute Gasteiger partial charge is 0.274 e. The number of aromatic amines is 1. The summed E-state index contributed by atoms with van der Waals surface area (Å²) in [7, 11) is 1.38. The normalized spacial score (nSPS) is 9.94. The fourth-order valence-electron chi connectivity index (χ4n) is 1.14. The Bertz CT molecular complexity index is 578. The van der Waals surface area contributed by atoms with Gasteiger partial charge in [-0.25, -0.2) is 0 Å². The van der Waals surface area contributed by atoms with Gasteiger partial charge >= 0.3 is 0 Å². The molecule has 0 unspecified atom stereocenters. The van der Waals surface area contributed by atoms with Gasteiger partial charge in [-0.2, -0.15) is 0 Å². The number of carbonyl (C=O) groups is 1. The number of carbonyl (C=O) groups excluding carboxylic acids is 1. The van der Waals surface area contributed by atoms with Crippen molar-refractivity contribution in [1.82, 2.24) is 15.2 Å². The predicted molar refractivity (Wildman–Crippen MR) is 61.5 cm³/mol. The molecule has 0 radical (unpaired) electrons. The van der Waals surface area contributed by atoms with Crippen molar-refractivity contribution >= 4 is 22.4 Å². The fourth-order valence-corrected chi connectivity index (χ4v) is 1.58. The molecule has 1 amide bonds. The van der Waals surface area contributed by atoms with E-state index in [2.05, 4.69) is 20.5 Å². The summed E-state index contributed by atoms with van der Waals surface area (Å²) in [6.07, 6.45) is 1.33. The van der Waals surface area contributed by atoms with Crippen LogP contribution in [-0.4, -0.2) is 28.2 Å². The summed E-state index contributed by atoms with van der Waals surface area (Å²) in [4.78, 5) is 25.8. The van der Waals surface area contributed by atoms with Crippen LogP contribution in [0.5, 0.6) is 5.75 Å². The van der Waals surface area contributed by atoms with Crippen LogP contribution in [-0.2, 0) is 0 Å². The number of aromatic nitrogens is 3. The van der Waals surface area contributed by atoms with Crippen LogP contribution in [0.4, 0.5) is 5.13 Å². The highest BCUT2D eigenvalue weighted by Crippen LogP contribution is 2.09. The lowest BCUT2D eigenvalue weighted by Crippen LogP contribution is -2.17. The molecule has 2 N–H and O–H groups in total. The lowest BCUT2D eigenvalue weighted by molar-refractivity contribution is 0.102. The summed E-state index contributed by atoms with van der Waals surface area (Å²) >= 11 is 1.19. The Morgan fingerprint density at radius 1 is 1.59 bits per heavy atom. The van der Waals surface area contributed by atoms with Crippen molar-refractivity contribution in [3.05, 3.63) is 33.7 Å². The molecule has 0 spiro atoms. The number of hydrogen-bond acceptors (Lipinski definition) is 6. The van der Waals surface area contributed by atoms with Gasteiger partial charge < -0.3 is 9.72 Å². The van der Waals surface area contributed by atoms with E-state index in [1.54, 1.807) is 0 Å². The van der Waals surface area contributed by atoms with Gasteiger partial charge in [-0.1, -0.05) is 11.3 Å². The van der Waals surface area contributed by atoms with E-state index in [1.165, 1.54) is 30.2 Å². The largest absolute Gasteiger partial charge is 0.491 e. The van der Waals surface area contributed by atoms with Crippen LogP contribution >= 0.6 is 11.3 Å². The second-order valence-electron chi connectivity index (χ2n) is 2.98. The number of rotatable bonds is 3. The maximum atomic E-state index is 11.7. The summed E-state index contributed by atoms with van der Waals surface area (Å²) in [5, 5.41) is 10.1. The lowest BCUT2D eigenvalue weighted by Gasteiger charge is -2.02. The van der Waals surface area contributed by atoms with Crippen LogP contribution in [0.1, 0.15) is 10.5 Å². The van der Waals surface area contributed by atoms with Crippen LogP contribution in [0.25, 0.3) is 0 Å². The van der Waals surface area contributed by atoms with Crippen molar-refractivity contribution in [2.45, 2.75) is 0 Å². The van der Waals surface area contributed by atoms with Crippen molar-refractivity contribution in [3.8, 4) is 5.75 Å². The molecular weight excluding hydrogens is 244 g/mol. The molecule has 0 aromatic carbocycles. The van der Waals surface area contributed by atoms with E-state index in [1.807, 2.05) is 0 Å². The molecule has 0 atom stereocenters. The molecule has 2 aromatic heterocycles. The summed E-state index contributed by atoms with van der Waals surface area (Å²) in [5.74, 6) is -0.307. The monoisotopic (exact) mass is 252 g/mol. The summed E-state index contributed by atoms with van der Waals surface area (Å²) in [5.41, 5.74) is 1.26. The molecule has 2 rings (SSSR count). The summed E-state index contributed by atoms with van der Waals surface area (Å²) in [6.45, 7) is 0. The molecular formula is C9H8N4O3S. The summed E-state index contributed by atoms with van der Waals surface area (Å²) < 4.78 is 4.79. The molecule has 0 aliphatic carbocycles. The van der Waals surface area contributed by atoms with Gasteiger partial charge in [-0.3, -0.25) is 14.9 Å². The molecule has 7 nitrogen and oxygen atoms in total. The number of amides is 1. The fraction of sp³-hybridized carbons (Fsp3) is 0.111. The SMILES string of the molecule is COc1c[nH]c(C(=O)Nc2nncs2)cc1=O. The molecule has 0 aliphatic heterocycles. The minimum atomic E-state index is -0.457. The average Bonchev–Trinajstić information content (AvgIpc) is 2.81. The lowest BCUT2D eigenvalue weighted by atomic mass is 10.3. The molecule has 17 heavy (non-hydrogen) atoms. The van der Waals surface area contributed by atoms with E-state index >= 15 is 0 Å². The number of H-pyrrole nitrogens is 1. The third kappa shape index (κ3) is 2.48. The number of pyridine rings is 1. The van der Waals surface area contributed by atoms with E-state index in [4.69, 9.17) is 4.74 Å². The van der Waals surface area contributed by atoms with Gasteiger partial charge in [0.25, 0.3) is 5.91 Å². The van der Waals surface area contributed by atoms with Gasteiger partial charge in [0.2, 0.25) is 10.6 Å². The van der Waals surface area contributed by atoms with Crippen molar-refractivity contribution in [2.24, 2.45) is 0 Å². The van der Waals surface area contributed by atoms with Gasteiger partial charge in [0.15, 0.2) is 5.75 Å². The Hall–Kier alpha value is -2.22. The summed E-state index contributed by atoms with van der Waals surface area (Å²) in [6, 6.07) is 1.16. The minimum absolute atomic E-state index is 0.131. The predicted octanol–water partition coefficient (Wildman–Crippen LogP) is 0.487. The van der Waals surface area contributed by atoms with E-state index in [9.17, 15) is 9.59 Å². The van der Waals surface area contributed by atoms with E-state index in [0.29, 0.717) is 5.13 Å². The second kappa shape index (κ2) is 4.74. The van der Waals surface area contributed by atoms with E-state index < -0.39 is 5.91 Å². The van der Waals surface area contributed by atoms with Gasteiger partial charge in [0.05, 0.1) is 7.11 Å². The maximum absolute atomic E-state index is 11.7. The van der Waals surface area contributed by atoms with Crippen LogP contribution in [0.3, 0.4) is 0 Å². The quantitative estimate of drug-likeness (QED) is 0.828. The number of nitrogens with one attached hydrogen (secondary N) is 2. The zero-order chi connectivity index (χ0) is 12.3. The van der Waals surface area contributed by atoms with E-state index in [-0.39, 0.29) is 16.9 Å². The highest BCUT2D eigenvalue weighted by Gasteiger charge is 2.10. The molecule has 8 heteroatoms. The third-order valence-corrected chi connectivity index (χ3v) is 2.53. The minimum Gasteiger partial charge on any atom is -0.491 e. The second-order valence-corrected chi connectivity index (χ2v) is 3.81. The first-order valence-electron chi connectivity index (χ1n) is 4.55. The highest BCUT2D eigenvalue weighted by molar-refractivity contribution is 7.13. The Balaban J connectivity index is 2.20. The standard InChI is InChI=1S/C9H8N4O3S/c1-16-7-3-10-5(2-6(7)14)8(15)12-9-13-11-4-17-9/h2-4H,1H3,(H,10,14)(H,12,13,15). The molecule has 2 aromatic rings. The zero-order valence-electron chi connectivity index (χ0n) is 8.76. The van der Waals surface area contributed by atoms with Crippen molar-refractivity contribution in [2.75, 3.05) is 12.4 Å². The van der Waals surface area contributed by atoms with Crippen molar-refractivity contribution < 1.29 is 9.53 Å². The Kier molecular flexibility index (Phi) is 3.15. The number of methoxy groups -OCH3 is 1. The third-order valence-electron chi connectivity index (χ3n) is 1.92. The Morgan fingerprint density at radius 3 is 3.00 bits per heavy atom. The first-order valence-corrected chi connectivity index (χ1v) is 5.43. The van der Waals surface area contributed by atoms with Gasteiger partial charge in [0, 0.05) is 12.3 Å². The topological polar surface area (TPSA) is 97.0 Å².